The molecule has 3 rings (SSSR count). The first-order valence-electron chi connectivity index (χ1n) is 9.56. The zero-order valence-corrected chi connectivity index (χ0v) is 15.7. The Morgan fingerprint density at radius 1 is 1.04 bits per heavy atom. The molecule has 0 saturated heterocycles. The predicted molar refractivity (Wildman–Crippen MR) is 105 cm³/mol. The van der Waals surface area contributed by atoms with Gasteiger partial charge in [0.1, 0.15) is 11.5 Å². The van der Waals surface area contributed by atoms with Gasteiger partial charge in [0.05, 0.1) is 6.26 Å². The molecule has 1 saturated carbocycles. The number of hydrogen-bond acceptors (Lipinski definition) is 3. The molecule has 0 unspecified atom stereocenters. The van der Waals surface area contributed by atoms with Crippen LogP contribution in [0, 0.1) is 6.92 Å². The summed E-state index contributed by atoms with van der Waals surface area (Å²) in [6.45, 7) is 1.96. The van der Waals surface area contributed by atoms with Gasteiger partial charge in [-0.2, -0.15) is 0 Å². The van der Waals surface area contributed by atoms with Gasteiger partial charge in [0, 0.05) is 17.7 Å². The van der Waals surface area contributed by atoms with Crippen molar-refractivity contribution in [2.45, 2.75) is 51.5 Å². The van der Waals surface area contributed by atoms with Crippen LogP contribution in [0.3, 0.4) is 0 Å². The lowest BCUT2D eigenvalue weighted by Crippen LogP contribution is -2.40. The number of carbonyl (C=O) groups excluding carboxylic acids is 2. The van der Waals surface area contributed by atoms with Crippen LogP contribution in [0.5, 0.6) is 0 Å². The van der Waals surface area contributed by atoms with E-state index in [1.54, 1.807) is 30.3 Å². The number of hydrogen-bond donors (Lipinski definition) is 2. The lowest BCUT2D eigenvalue weighted by atomic mass is 10.1. The average molecular weight is 366 g/mol. The molecule has 2 aromatic rings. The maximum atomic E-state index is 12.8. The van der Waals surface area contributed by atoms with Crippen molar-refractivity contribution in [2.75, 3.05) is 0 Å². The lowest BCUT2D eigenvalue weighted by Gasteiger charge is -2.18. The van der Waals surface area contributed by atoms with Crippen molar-refractivity contribution in [2.24, 2.45) is 0 Å². The van der Waals surface area contributed by atoms with Crippen molar-refractivity contribution < 1.29 is 14.0 Å². The Morgan fingerprint density at radius 3 is 2.37 bits per heavy atom. The fourth-order valence-electron chi connectivity index (χ4n) is 3.26. The van der Waals surface area contributed by atoms with E-state index in [-0.39, 0.29) is 23.6 Å². The van der Waals surface area contributed by atoms with Gasteiger partial charge in [0.15, 0.2) is 0 Å². The third-order valence-corrected chi connectivity index (χ3v) is 4.83. The number of furan rings is 1. The molecular weight excluding hydrogens is 340 g/mol. The second-order valence-electron chi connectivity index (χ2n) is 7.06. The van der Waals surface area contributed by atoms with Gasteiger partial charge in [-0.05, 0) is 44.0 Å². The SMILES string of the molecule is Cc1ccc(C(=O)N/C(=C\c2ccco2)C(=O)NC2CCCCCC2)cc1. The number of carbonyl (C=O) groups is 2. The summed E-state index contributed by atoms with van der Waals surface area (Å²) >= 11 is 0. The van der Waals surface area contributed by atoms with E-state index in [0.29, 0.717) is 11.3 Å². The standard InChI is InChI=1S/C22H26N2O3/c1-16-10-12-17(13-11-16)21(25)24-20(15-19-9-6-14-27-19)22(26)23-18-7-4-2-3-5-8-18/h6,9-15,18H,2-5,7-8H2,1H3,(H,23,26)(H,24,25)/b20-15-. The van der Waals surface area contributed by atoms with E-state index >= 15 is 0 Å². The minimum atomic E-state index is -0.316. The third kappa shape index (κ3) is 5.58. The number of benzene rings is 1. The summed E-state index contributed by atoms with van der Waals surface area (Å²) in [4.78, 5) is 25.4. The van der Waals surface area contributed by atoms with Crippen LogP contribution in [0.1, 0.15) is 60.2 Å². The summed E-state index contributed by atoms with van der Waals surface area (Å²) in [6, 6.07) is 10.9. The molecule has 1 aromatic heterocycles. The molecule has 5 nitrogen and oxygen atoms in total. The van der Waals surface area contributed by atoms with Crippen LogP contribution in [0.25, 0.3) is 6.08 Å². The number of amides is 2. The van der Waals surface area contributed by atoms with E-state index in [0.717, 1.165) is 31.2 Å². The molecular formula is C22H26N2O3. The first-order chi connectivity index (χ1) is 13.1. The van der Waals surface area contributed by atoms with Gasteiger partial charge in [0.2, 0.25) is 0 Å². The topological polar surface area (TPSA) is 71.3 Å². The monoisotopic (exact) mass is 366 g/mol. The van der Waals surface area contributed by atoms with E-state index in [1.165, 1.54) is 19.1 Å². The van der Waals surface area contributed by atoms with Crippen molar-refractivity contribution in [1.82, 2.24) is 10.6 Å². The van der Waals surface area contributed by atoms with E-state index in [9.17, 15) is 9.59 Å². The molecule has 27 heavy (non-hydrogen) atoms. The number of rotatable bonds is 5. The highest BCUT2D eigenvalue weighted by Gasteiger charge is 2.20. The molecule has 1 aliphatic rings. The van der Waals surface area contributed by atoms with Crippen LogP contribution in [0.4, 0.5) is 0 Å². The average Bonchev–Trinajstić information content (AvgIpc) is 3.04. The Balaban J connectivity index is 1.75. The van der Waals surface area contributed by atoms with E-state index < -0.39 is 0 Å². The summed E-state index contributed by atoms with van der Waals surface area (Å²) in [5, 5.41) is 5.82. The first kappa shape index (κ1) is 19.0. The number of aryl methyl sites for hydroxylation is 1. The van der Waals surface area contributed by atoms with Gasteiger partial charge in [-0.1, -0.05) is 43.4 Å². The van der Waals surface area contributed by atoms with Crippen LogP contribution in [0.15, 0.2) is 52.8 Å². The second-order valence-corrected chi connectivity index (χ2v) is 7.06. The minimum absolute atomic E-state index is 0.149. The van der Waals surface area contributed by atoms with Crippen molar-refractivity contribution in [3.8, 4) is 0 Å². The molecule has 1 aromatic carbocycles. The Hall–Kier alpha value is -2.82. The quantitative estimate of drug-likeness (QED) is 0.615. The van der Waals surface area contributed by atoms with Crippen molar-refractivity contribution in [3.05, 3.63) is 65.2 Å². The molecule has 1 fully saturated rings. The van der Waals surface area contributed by atoms with Crippen LogP contribution >= 0.6 is 0 Å². The van der Waals surface area contributed by atoms with Gasteiger partial charge in [-0.15, -0.1) is 0 Å². The van der Waals surface area contributed by atoms with Crippen molar-refractivity contribution in [3.63, 3.8) is 0 Å². The molecule has 1 heterocycles. The fourth-order valence-corrected chi connectivity index (χ4v) is 3.26. The van der Waals surface area contributed by atoms with Crippen LogP contribution in [0.2, 0.25) is 0 Å². The third-order valence-electron chi connectivity index (χ3n) is 4.83. The number of nitrogens with one attached hydrogen (secondary N) is 2. The minimum Gasteiger partial charge on any atom is -0.465 e. The highest BCUT2D eigenvalue weighted by molar-refractivity contribution is 6.05. The molecule has 2 amide bonds. The van der Waals surface area contributed by atoms with Gasteiger partial charge in [-0.25, -0.2) is 0 Å². The Labute approximate surface area is 159 Å². The Kier molecular flexibility index (Phi) is 6.47. The zero-order valence-electron chi connectivity index (χ0n) is 15.7. The molecule has 0 bridgehead atoms. The second kappa shape index (κ2) is 9.21. The van der Waals surface area contributed by atoms with Crippen LogP contribution in [-0.2, 0) is 4.79 Å². The molecule has 0 aliphatic heterocycles. The highest BCUT2D eigenvalue weighted by atomic mass is 16.3. The summed E-state index contributed by atoms with van der Waals surface area (Å²) < 4.78 is 5.32. The Bertz CT molecular complexity index is 783. The molecule has 1 aliphatic carbocycles. The summed E-state index contributed by atoms with van der Waals surface area (Å²) in [5.74, 6) is -0.0761. The lowest BCUT2D eigenvalue weighted by molar-refractivity contribution is -0.118. The normalized spacial score (nSPS) is 15.8. The molecule has 0 radical (unpaired) electrons. The van der Waals surface area contributed by atoms with Crippen LogP contribution in [-0.4, -0.2) is 17.9 Å². The van der Waals surface area contributed by atoms with Gasteiger partial charge < -0.3 is 15.1 Å². The molecule has 0 spiro atoms. The fraction of sp³-hybridized carbons (Fsp3) is 0.364. The largest absolute Gasteiger partial charge is 0.465 e. The van der Waals surface area contributed by atoms with Crippen molar-refractivity contribution >= 4 is 17.9 Å². The molecule has 2 N–H and O–H groups in total. The maximum Gasteiger partial charge on any atom is 0.268 e. The smallest absolute Gasteiger partial charge is 0.268 e. The summed E-state index contributed by atoms with van der Waals surface area (Å²) in [7, 11) is 0. The molecule has 5 heteroatoms. The van der Waals surface area contributed by atoms with Crippen LogP contribution < -0.4 is 10.6 Å². The van der Waals surface area contributed by atoms with Gasteiger partial charge in [0.25, 0.3) is 11.8 Å². The maximum absolute atomic E-state index is 12.8. The van der Waals surface area contributed by atoms with Gasteiger partial charge >= 0.3 is 0 Å². The van der Waals surface area contributed by atoms with E-state index in [2.05, 4.69) is 10.6 Å². The van der Waals surface area contributed by atoms with Crippen molar-refractivity contribution in [1.29, 1.82) is 0 Å². The highest BCUT2D eigenvalue weighted by Crippen LogP contribution is 2.18. The first-order valence-corrected chi connectivity index (χ1v) is 9.56. The van der Waals surface area contributed by atoms with E-state index in [4.69, 9.17) is 4.42 Å². The predicted octanol–water partition coefficient (Wildman–Crippen LogP) is 4.20. The van der Waals surface area contributed by atoms with E-state index in [1.807, 2.05) is 19.1 Å². The molecule has 142 valence electrons. The van der Waals surface area contributed by atoms with Gasteiger partial charge in [-0.3, -0.25) is 9.59 Å². The summed E-state index contributed by atoms with van der Waals surface area (Å²) in [6.07, 6.45) is 9.73. The Morgan fingerprint density at radius 2 is 1.74 bits per heavy atom. The zero-order chi connectivity index (χ0) is 19.1. The molecule has 0 atom stereocenters. The summed E-state index contributed by atoms with van der Waals surface area (Å²) in [5.41, 5.74) is 1.77.